The lowest BCUT2D eigenvalue weighted by Gasteiger charge is -2.07. The summed E-state index contributed by atoms with van der Waals surface area (Å²) in [5.74, 6) is -1.29. The molecule has 0 saturated heterocycles. The molecule has 2 aromatic carbocycles. The summed E-state index contributed by atoms with van der Waals surface area (Å²) in [6.45, 7) is -0.536. The topological polar surface area (TPSA) is 81.7 Å². The maximum absolute atomic E-state index is 11.9. The Kier molecular flexibility index (Phi) is 6.30. The number of carbonyl (C=O) groups excluding carboxylic acids is 3. The Bertz CT molecular complexity index is 758. The lowest BCUT2D eigenvalue weighted by Crippen LogP contribution is -2.34. The van der Waals surface area contributed by atoms with Gasteiger partial charge >= 0.3 is 5.97 Å². The number of halogens is 1. The number of esters is 1. The summed E-state index contributed by atoms with van der Waals surface area (Å²) in [7, 11) is 1.51. The smallest absolute Gasteiger partial charge is 0.339 e. The zero-order valence-corrected chi connectivity index (χ0v) is 14.9. The number of amides is 2. The Morgan fingerprint density at radius 2 is 1.71 bits per heavy atom. The molecular weight excluding hydrogens is 425 g/mol. The predicted molar refractivity (Wildman–Crippen MR) is 94.9 cm³/mol. The SMILES string of the molecule is COc1ccc(C(=O)NC(=O)COC(=O)c2ccccc2I)cc1. The lowest BCUT2D eigenvalue weighted by atomic mass is 10.2. The van der Waals surface area contributed by atoms with Gasteiger partial charge in [0, 0.05) is 9.13 Å². The predicted octanol–water partition coefficient (Wildman–Crippen LogP) is 2.41. The second-order valence-corrected chi connectivity index (χ2v) is 5.82. The molecular formula is C17H14INO5. The quantitative estimate of drug-likeness (QED) is 0.572. The molecule has 124 valence electrons. The maximum Gasteiger partial charge on any atom is 0.339 e. The molecule has 7 heteroatoms. The van der Waals surface area contributed by atoms with Crippen molar-refractivity contribution in [2.75, 3.05) is 13.7 Å². The Hall–Kier alpha value is -2.42. The van der Waals surface area contributed by atoms with Crippen molar-refractivity contribution >= 4 is 40.4 Å². The van der Waals surface area contributed by atoms with Gasteiger partial charge in [-0.15, -0.1) is 0 Å². The fourth-order valence-electron chi connectivity index (χ4n) is 1.81. The van der Waals surface area contributed by atoms with Crippen LogP contribution in [0, 0.1) is 3.57 Å². The van der Waals surface area contributed by atoms with Crippen molar-refractivity contribution in [2.45, 2.75) is 0 Å². The molecule has 0 saturated carbocycles. The molecule has 2 amide bonds. The standard InChI is InChI=1S/C17H14INO5/c1-23-12-8-6-11(7-9-12)16(21)19-15(20)10-24-17(22)13-4-2-3-5-14(13)18/h2-9H,10H2,1H3,(H,19,20,21). The van der Waals surface area contributed by atoms with Gasteiger partial charge in [-0.25, -0.2) is 4.79 Å². The number of nitrogens with one attached hydrogen (secondary N) is 1. The van der Waals surface area contributed by atoms with Crippen LogP contribution in [0.5, 0.6) is 5.75 Å². The molecule has 24 heavy (non-hydrogen) atoms. The van der Waals surface area contributed by atoms with Crippen LogP contribution in [0.1, 0.15) is 20.7 Å². The minimum absolute atomic E-state index is 0.299. The number of hydrogen-bond acceptors (Lipinski definition) is 5. The van der Waals surface area contributed by atoms with E-state index in [1.807, 2.05) is 22.6 Å². The van der Waals surface area contributed by atoms with Gasteiger partial charge in [0.25, 0.3) is 11.8 Å². The number of benzene rings is 2. The van der Waals surface area contributed by atoms with Gasteiger partial charge in [-0.1, -0.05) is 12.1 Å². The van der Waals surface area contributed by atoms with E-state index in [4.69, 9.17) is 9.47 Å². The van der Waals surface area contributed by atoms with Crippen LogP contribution in [0.15, 0.2) is 48.5 Å². The molecule has 0 spiro atoms. The van der Waals surface area contributed by atoms with Gasteiger partial charge in [0.2, 0.25) is 0 Å². The van der Waals surface area contributed by atoms with Crippen molar-refractivity contribution in [3.63, 3.8) is 0 Å². The maximum atomic E-state index is 11.9. The van der Waals surface area contributed by atoms with E-state index in [0.29, 0.717) is 16.9 Å². The summed E-state index contributed by atoms with van der Waals surface area (Å²) in [4.78, 5) is 35.5. The van der Waals surface area contributed by atoms with E-state index >= 15 is 0 Å². The van der Waals surface area contributed by atoms with E-state index in [1.165, 1.54) is 19.2 Å². The average Bonchev–Trinajstić information content (AvgIpc) is 2.60. The van der Waals surface area contributed by atoms with Crippen molar-refractivity contribution in [2.24, 2.45) is 0 Å². The van der Waals surface area contributed by atoms with Crippen LogP contribution in [0.4, 0.5) is 0 Å². The Morgan fingerprint density at radius 3 is 2.33 bits per heavy atom. The van der Waals surface area contributed by atoms with Crippen LogP contribution in [0.3, 0.4) is 0 Å². The molecule has 0 heterocycles. The molecule has 0 fully saturated rings. The van der Waals surface area contributed by atoms with Gasteiger partial charge in [-0.3, -0.25) is 14.9 Å². The highest BCUT2D eigenvalue weighted by Gasteiger charge is 2.15. The summed E-state index contributed by atoms with van der Waals surface area (Å²) in [5.41, 5.74) is 0.667. The third kappa shape index (κ3) is 4.79. The number of carbonyl (C=O) groups is 3. The van der Waals surface area contributed by atoms with Gasteiger partial charge in [0.15, 0.2) is 6.61 Å². The monoisotopic (exact) mass is 439 g/mol. The molecule has 2 aromatic rings. The highest BCUT2D eigenvalue weighted by molar-refractivity contribution is 14.1. The molecule has 0 aliphatic rings. The first-order valence-corrected chi connectivity index (χ1v) is 7.99. The summed E-state index contributed by atoms with van der Waals surface area (Å²) in [5, 5.41) is 2.16. The Balaban J connectivity index is 1.87. The lowest BCUT2D eigenvalue weighted by molar-refractivity contribution is -0.123. The molecule has 0 aromatic heterocycles. The molecule has 0 bridgehead atoms. The van der Waals surface area contributed by atoms with Crippen LogP contribution < -0.4 is 10.1 Å². The number of ether oxygens (including phenoxy) is 2. The van der Waals surface area contributed by atoms with Gasteiger partial charge in [-0.05, 0) is 59.0 Å². The number of rotatable bonds is 5. The summed E-state index contributed by atoms with van der Waals surface area (Å²) in [6, 6.07) is 13.1. The van der Waals surface area contributed by atoms with Crippen molar-refractivity contribution in [1.82, 2.24) is 5.32 Å². The second kappa shape index (κ2) is 8.44. The van der Waals surface area contributed by atoms with Crippen LogP contribution in [-0.4, -0.2) is 31.5 Å². The van der Waals surface area contributed by atoms with Crippen molar-refractivity contribution in [3.05, 3.63) is 63.2 Å². The zero-order valence-electron chi connectivity index (χ0n) is 12.7. The first-order chi connectivity index (χ1) is 11.5. The summed E-state index contributed by atoms with van der Waals surface area (Å²) < 4.78 is 10.6. The van der Waals surface area contributed by atoms with Crippen molar-refractivity contribution in [1.29, 1.82) is 0 Å². The molecule has 2 rings (SSSR count). The fraction of sp³-hybridized carbons (Fsp3) is 0.118. The van der Waals surface area contributed by atoms with Crippen LogP contribution in [0.25, 0.3) is 0 Å². The molecule has 0 radical (unpaired) electrons. The minimum atomic E-state index is -0.699. The van der Waals surface area contributed by atoms with E-state index in [0.717, 1.165) is 3.57 Å². The average molecular weight is 439 g/mol. The van der Waals surface area contributed by atoms with E-state index in [-0.39, 0.29) is 0 Å². The van der Waals surface area contributed by atoms with Crippen LogP contribution in [-0.2, 0) is 9.53 Å². The molecule has 0 aliphatic heterocycles. The number of methoxy groups -OCH3 is 1. The fourth-order valence-corrected chi connectivity index (χ4v) is 2.42. The first kappa shape index (κ1) is 17.9. The van der Waals surface area contributed by atoms with Gasteiger partial charge in [-0.2, -0.15) is 0 Å². The van der Waals surface area contributed by atoms with E-state index in [1.54, 1.807) is 36.4 Å². The summed E-state index contributed by atoms with van der Waals surface area (Å²) in [6.07, 6.45) is 0. The van der Waals surface area contributed by atoms with Crippen molar-refractivity contribution < 1.29 is 23.9 Å². The van der Waals surface area contributed by atoms with E-state index in [9.17, 15) is 14.4 Å². The van der Waals surface area contributed by atoms with Gasteiger partial charge in [0.1, 0.15) is 5.75 Å². The van der Waals surface area contributed by atoms with Gasteiger partial charge in [0.05, 0.1) is 12.7 Å². The summed E-state index contributed by atoms with van der Waals surface area (Å²) >= 11 is 2.00. The molecule has 0 aliphatic carbocycles. The number of imide groups is 1. The normalized spacial score (nSPS) is 9.92. The van der Waals surface area contributed by atoms with E-state index in [2.05, 4.69) is 5.32 Å². The van der Waals surface area contributed by atoms with E-state index < -0.39 is 24.4 Å². The molecule has 0 unspecified atom stereocenters. The largest absolute Gasteiger partial charge is 0.497 e. The molecule has 6 nitrogen and oxygen atoms in total. The Labute approximate surface area is 152 Å². The van der Waals surface area contributed by atoms with Crippen LogP contribution in [0.2, 0.25) is 0 Å². The van der Waals surface area contributed by atoms with Crippen molar-refractivity contribution in [3.8, 4) is 5.75 Å². The second-order valence-electron chi connectivity index (χ2n) is 4.66. The van der Waals surface area contributed by atoms with Crippen LogP contribution >= 0.6 is 22.6 Å². The third-order valence-corrected chi connectivity index (χ3v) is 3.97. The minimum Gasteiger partial charge on any atom is -0.497 e. The zero-order chi connectivity index (χ0) is 17.5. The number of hydrogen-bond donors (Lipinski definition) is 1. The molecule has 1 N–H and O–H groups in total. The highest BCUT2D eigenvalue weighted by atomic mass is 127. The molecule has 0 atom stereocenters. The first-order valence-electron chi connectivity index (χ1n) is 6.91. The Morgan fingerprint density at radius 1 is 1.04 bits per heavy atom. The highest BCUT2D eigenvalue weighted by Crippen LogP contribution is 2.13. The van der Waals surface area contributed by atoms with Gasteiger partial charge < -0.3 is 9.47 Å². The third-order valence-electron chi connectivity index (χ3n) is 3.03.